The second-order valence-electron chi connectivity index (χ2n) is 3.77. The topological polar surface area (TPSA) is 46.2 Å². The Kier molecular flexibility index (Phi) is 4.72. The lowest BCUT2D eigenvalue weighted by molar-refractivity contribution is 0.601. The van der Waals surface area contributed by atoms with Crippen molar-refractivity contribution in [2.45, 2.75) is 4.90 Å². The number of sulfonamides is 1. The van der Waals surface area contributed by atoms with E-state index in [0.29, 0.717) is 5.69 Å². The number of nitrogens with one attached hydrogen (secondary N) is 1. The number of benzene rings is 2. The molecule has 0 heterocycles. The molecule has 0 unspecified atom stereocenters. The van der Waals surface area contributed by atoms with Gasteiger partial charge in [-0.2, -0.15) is 0 Å². The molecule has 0 saturated heterocycles. The van der Waals surface area contributed by atoms with E-state index in [1.165, 1.54) is 0 Å². The maximum Gasteiger partial charge on any atom is 0.263 e. The molecular formula is C12H7Cl4NO2S. The van der Waals surface area contributed by atoms with E-state index in [4.69, 9.17) is 46.4 Å². The molecule has 106 valence electrons. The average molecular weight is 371 g/mol. The summed E-state index contributed by atoms with van der Waals surface area (Å²) in [4.78, 5) is -0.234. The van der Waals surface area contributed by atoms with Crippen LogP contribution in [0.5, 0.6) is 0 Å². The van der Waals surface area contributed by atoms with Gasteiger partial charge in [0.2, 0.25) is 0 Å². The molecule has 8 heteroatoms. The Morgan fingerprint density at radius 3 is 2.05 bits per heavy atom. The summed E-state index contributed by atoms with van der Waals surface area (Å²) in [7, 11) is -3.92. The van der Waals surface area contributed by atoms with Gasteiger partial charge in [-0.3, -0.25) is 4.72 Å². The minimum atomic E-state index is -3.92. The number of hydrogen-bond acceptors (Lipinski definition) is 2. The van der Waals surface area contributed by atoms with Gasteiger partial charge in [0.1, 0.15) is 4.90 Å². The monoisotopic (exact) mass is 369 g/mol. The largest absolute Gasteiger partial charge is 0.280 e. The van der Waals surface area contributed by atoms with Crippen LogP contribution in [0.1, 0.15) is 0 Å². The fraction of sp³-hybridized carbons (Fsp3) is 0. The summed E-state index contributed by atoms with van der Waals surface area (Å²) in [6.45, 7) is 0. The van der Waals surface area contributed by atoms with Crippen LogP contribution in [-0.2, 0) is 10.0 Å². The van der Waals surface area contributed by atoms with Crippen LogP contribution in [-0.4, -0.2) is 8.42 Å². The quantitative estimate of drug-likeness (QED) is 0.603. The molecule has 0 aliphatic carbocycles. The smallest absolute Gasteiger partial charge is 0.263 e. The maximum absolute atomic E-state index is 12.3. The van der Waals surface area contributed by atoms with Crippen LogP contribution in [0.4, 0.5) is 5.69 Å². The molecule has 2 rings (SSSR count). The Hall–Kier alpha value is -0.650. The van der Waals surface area contributed by atoms with E-state index >= 15 is 0 Å². The minimum absolute atomic E-state index is 0.00880. The summed E-state index contributed by atoms with van der Waals surface area (Å²) in [5.74, 6) is 0. The Morgan fingerprint density at radius 1 is 0.850 bits per heavy atom. The molecule has 1 N–H and O–H groups in total. The first kappa shape index (κ1) is 15.7. The summed E-state index contributed by atoms with van der Waals surface area (Å²) in [5, 5.41) is -0.259. The summed E-state index contributed by atoms with van der Waals surface area (Å²) >= 11 is 23.4. The van der Waals surface area contributed by atoms with Crippen molar-refractivity contribution in [3.8, 4) is 0 Å². The van der Waals surface area contributed by atoms with Crippen LogP contribution >= 0.6 is 46.4 Å². The van der Waals surface area contributed by atoms with Gasteiger partial charge in [0.25, 0.3) is 10.0 Å². The van der Waals surface area contributed by atoms with E-state index in [0.717, 1.165) is 6.07 Å². The van der Waals surface area contributed by atoms with E-state index in [9.17, 15) is 8.42 Å². The van der Waals surface area contributed by atoms with Crippen LogP contribution < -0.4 is 4.72 Å². The molecule has 0 bridgehead atoms. The van der Waals surface area contributed by atoms with Gasteiger partial charge in [0, 0.05) is 5.69 Å². The third kappa shape index (κ3) is 3.15. The first-order valence-electron chi connectivity index (χ1n) is 5.24. The lowest BCUT2D eigenvalue weighted by Gasteiger charge is -2.12. The Bertz CT molecular complexity index is 748. The van der Waals surface area contributed by atoms with Crippen molar-refractivity contribution in [3.63, 3.8) is 0 Å². The number of rotatable bonds is 3. The third-order valence-electron chi connectivity index (χ3n) is 2.38. The molecule has 2 aromatic rings. The van der Waals surface area contributed by atoms with E-state index in [1.807, 2.05) is 0 Å². The SMILES string of the molecule is O=S(=O)(Nc1ccccc1)c1cc(Cl)c(Cl)c(Cl)c1Cl. The number of para-hydroxylation sites is 1. The number of halogens is 4. The normalized spacial score (nSPS) is 11.4. The van der Waals surface area contributed by atoms with Crippen molar-refractivity contribution >= 4 is 62.1 Å². The molecular weight excluding hydrogens is 364 g/mol. The van der Waals surface area contributed by atoms with Gasteiger partial charge in [0.05, 0.1) is 20.1 Å². The van der Waals surface area contributed by atoms with Gasteiger partial charge < -0.3 is 0 Å². The van der Waals surface area contributed by atoms with Crippen molar-refractivity contribution in [3.05, 3.63) is 56.5 Å². The third-order valence-corrected chi connectivity index (χ3v) is 5.65. The lowest BCUT2D eigenvalue weighted by atomic mass is 10.3. The van der Waals surface area contributed by atoms with Crippen molar-refractivity contribution in [1.82, 2.24) is 0 Å². The average Bonchev–Trinajstić information content (AvgIpc) is 2.41. The second-order valence-corrected chi connectivity index (χ2v) is 6.96. The van der Waals surface area contributed by atoms with Crippen LogP contribution in [0.15, 0.2) is 41.3 Å². The van der Waals surface area contributed by atoms with Gasteiger partial charge in [0.15, 0.2) is 0 Å². The van der Waals surface area contributed by atoms with Crippen LogP contribution in [0.25, 0.3) is 0 Å². The fourth-order valence-electron chi connectivity index (χ4n) is 1.46. The molecule has 0 spiro atoms. The van der Waals surface area contributed by atoms with Gasteiger partial charge in [-0.05, 0) is 18.2 Å². The molecule has 0 fully saturated rings. The van der Waals surface area contributed by atoms with E-state index < -0.39 is 10.0 Å². The molecule has 0 aromatic heterocycles. The molecule has 0 aliphatic rings. The van der Waals surface area contributed by atoms with Crippen LogP contribution in [0.2, 0.25) is 20.1 Å². The molecule has 3 nitrogen and oxygen atoms in total. The van der Waals surface area contributed by atoms with Crippen molar-refractivity contribution in [2.75, 3.05) is 4.72 Å². The standard InChI is InChI=1S/C12H7Cl4NO2S/c13-8-6-9(11(15)12(16)10(8)14)20(18,19)17-7-4-2-1-3-5-7/h1-6,17H. The van der Waals surface area contributed by atoms with E-state index in [-0.39, 0.29) is 25.0 Å². The zero-order valence-electron chi connectivity index (χ0n) is 9.70. The minimum Gasteiger partial charge on any atom is -0.280 e. The Morgan fingerprint density at radius 2 is 1.45 bits per heavy atom. The summed E-state index contributed by atoms with van der Waals surface area (Å²) in [5.41, 5.74) is 0.394. The summed E-state index contributed by atoms with van der Waals surface area (Å²) < 4.78 is 26.9. The van der Waals surface area contributed by atoms with Gasteiger partial charge >= 0.3 is 0 Å². The van der Waals surface area contributed by atoms with Crippen molar-refractivity contribution < 1.29 is 8.42 Å². The maximum atomic E-state index is 12.3. The van der Waals surface area contributed by atoms with Gasteiger partial charge in [-0.25, -0.2) is 8.42 Å². The van der Waals surface area contributed by atoms with E-state index in [1.54, 1.807) is 30.3 Å². The number of hydrogen-bond donors (Lipinski definition) is 1. The highest BCUT2D eigenvalue weighted by molar-refractivity contribution is 7.92. The van der Waals surface area contributed by atoms with Crippen molar-refractivity contribution in [1.29, 1.82) is 0 Å². The molecule has 0 radical (unpaired) electrons. The molecule has 0 atom stereocenters. The molecule has 0 amide bonds. The first-order valence-corrected chi connectivity index (χ1v) is 8.23. The van der Waals surface area contributed by atoms with Gasteiger partial charge in [-0.15, -0.1) is 0 Å². The Balaban J connectivity index is 2.51. The Labute approximate surface area is 136 Å². The van der Waals surface area contributed by atoms with E-state index in [2.05, 4.69) is 4.72 Å². The van der Waals surface area contributed by atoms with Gasteiger partial charge in [-0.1, -0.05) is 64.6 Å². The summed E-state index contributed by atoms with van der Waals surface area (Å²) in [6, 6.07) is 9.52. The molecule has 0 aliphatic heterocycles. The second kappa shape index (κ2) is 6.00. The summed E-state index contributed by atoms with van der Waals surface area (Å²) in [6.07, 6.45) is 0. The zero-order chi connectivity index (χ0) is 14.9. The van der Waals surface area contributed by atoms with Crippen LogP contribution in [0.3, 0.4) is 0 Å². The highest BCUT2D eigenvalue weighted by Crippen LogP contribution is 2.40. The predicted molar refractivity (Wildman–Crippen MR) is 83.7 cm³/mol. The highest BCUT2D eigenvalue weighted by Gasteiger charge is 2.23. The zero-order valence-corrected chi connectivity index (χ0v) is 13.5. The first-order chi connectivity index (χ1) is 9.33. The molecule has 0 saturated carbocycles. The molecule has 2 aromatic carbocycles. The highest BCUT2D eigenvalue weighted by atomic mass is 35.5. The van der Waals surface area contributed by atoms with Crippen molar-refractivity contribution in [2.24, 2.45) is 0 Å². The number of anilines is 1. The van der Waals surface area contributed by atoms with Crippen LogP contribution in [0, 0.1) is 0 Å². The fourth-order valence-corrected chi connectivity index (χ4v) is 3.86. The predicted octanol–water partition coefficient (Wildman–Crippen LogP) is 5.10. The molecule has 20 heavy (non-hydrogen) atoms. The lowest BCUT2D eigenvalue weighted by Crippen LogP contribution is -2.13.